The maximum atomic E-state index is 7.25. The molecule has 1 saturated carbocycles. The number of benzene rings is 4. The fourth-order valence-corrected chi connectivity index (χ4v) is 6.07. The van der Waals surface area contributed by atoms with E-state index < -0.39 is 7.92 Å². The van der Waals surface area contributed by atoms with Crippen LogP contribution in [0.4, 0.5) is 0 Å². The first-order valence-electron chi connectivity index (χ1n) is 12.0. The Morgan fingerprint density at radius 1 is 0.528 bits per heavy atom. The minimum atomic E-state index is -0.446. The second kappa shape index (κ2) is 20.4. The smallest absolute Gasteiger partial charge is 0 e. The molecule has 4 heteroatoms. The summed E-state index contributed by atoms with van der Waals surface area (Å²) in [6.45, 7) is 3.60. The van der Waals surface area contributed by atoms with E-state index in [0.717, 1.165) is 0 Å². The van der Waals surface area contributed by atoms with Gasteiger partial charge in [0.2, 0.25) is 0 Å². The summed E-state index contributed by atoms with van der Waals surface area (Å²) >= 11 is 0. The number of nitroso groups, excluding NO2 is 1. The van der Waals surface area contributed by atoms with Gasteiger partial charge >= 0.3 is 0 Å². The van der Waals surface area contributed by atoms with Gasteiger partial charge in [-0.25, -0.2) is 19.1 Å². The van der Waals surface area contributed by atoms with Crippen molar-refractivity contribution in [1.29, 1.82) is 0 Å². The van der Waals surface area contributed by atoms with Crippen LogP contribution in [0, 0.1) is 11.8 Å². The number of hydrogen-bond acceptors (Lipinski definition) is 1. The second-order valence-corrected chi connectivity index (χ2v) is 10.1. The first-order chi connectivity index (χ1) is 17.4. The van der Waals surface area contributed by atoms with Crippen LogP contribution in [0.3, 0.4) is 0 Å². The van der Waals surface area contributed by atoms with E-state index in [1.807, 2.05) is 36.4 Å². The Bertz CT molecular complexity index is 955. The van der Waals surface area contributed by atoms with E-state index in [1.165, 1.54) is 53.6 Å². The van der Waals surface area contributed by atoms with Gasteiger partial charge in [-0.3, -0.25) is 0 Å². The van der Waals surface area contributed by atoms with Gasteiger partial charge in [-0.1, -0.05) is 153 Å². The van der Waals surface area contributed by atoms with E-state index in [2.05, 4.69) is 97.9 Å². The first kappa shape index (κ1) is 31.2. The van der Waals surface area contributed by atoms with Crippen LogP contribution < -0.4 is 15.9 Å². The van der Waals surface area contributed by atoms with Crippen molar-refractivity contribution in [3.05, 3.63) is 150 Å². The third-order valence-electron chi connectivity index (χ3n) is 5.40. The molecule has 0 spiro atoms. The minimum Gasteiger partial charge on any atom is -0.577 e. The normalized spacial score (nSPS) is 11.6. The zero-order chi connectivity index (χ0) is 25.0. The van der Waals surface area contributed by atoms with Crippen LogP contribution in [0.2, 0.25) is 0 Å². The average Bonchev–Trinajstić information content (AvgIpc) is 3.54. The molecule has 0 unspecified atom stereocenters. The molecule has 0 saturated heterocycles. The van der Waals surface area contributed by atoms with Gasteiger partial charge in [0, 0.05) is 20.4 Å². The second-order valence-electron chi connectivity index (χ2n) is 7.92. The van der Waals surface area contributed by atoms with Crippen LogP contribution in [-0.4, -0.2) is 0 Å². The molecular formula is C32H34NOPRe-2. The zero-order valence-corrected chi connectivity index (χ0v) is 24.2. The molecule has 1 radical (unpaired) electrons. The van der Waals surface area contributed by atoms with E-state index >= 15 is 0 Å². The van der Waals surface area contributed by atoms with Crippen LogP contribution in [0.15, 0.2) is 127 Å². The fraction of sp³-hybridized carbons (Fsp3) is 0.156. The van der Waals surface area contributed by atoms with E-state index in [4.69, 9.17) is 10.5 Å². The van der Waals surface area contributed by atoms with Gasteiger partial charge < -0.3 is 10.5 Å². The molecule has 1 aliphatic rings. The van der Waals surface area contributed by atoms with Crippen molar-refractivity contribution in [2.45, 2.75) is 32.1 Å². The first-order valence-corrected chi connectivity index (χ1v) is 13.4. The summed E-state index contributed by atoms with van der Waals surface area (Å²) < 4.78 is 0. The van der Waals surface area contributed by atoms with Gasteiger partial charge in [0.25, 0.3) is 0 Å². The predicted molar refractivity (Wildman–Crippen MR) is 156 cm³/mol. The summed E-state index contributed by atoms with van der Waals surface area (Å²) in [5.74, 6) is 0. The van der Waals surface area contributed by atoms with Crippen LogP contribution in [0.25, 0.3) is 11.7 Å². The van der Waals surface area contributed by atoms with Crippen molar-refractivity contribution < 1.29 is 20.4 Å². The molecular weight excluding hydrogens is 632 g/mol. The summed E-state index contributed by atoms with van der Waals surface area (Å²) in [5, 5.41) is 4.19. The van der Waals surface area contributed by atoms with Gasteiger partial charge in [-0.05, 0) is 23.8 Å². The Labute approximate surface area is 232 Å². The number of hydrogen-bond donors (Lipinski definition) is 0. The van der Waals surface area contributed by atoms with Crippen molar-refractivity contribution in [3.63, 3.8) is 0 Å². The van der Waals surface area contributed by atoms with Crippen molar-refractivity contribution >= 4 is 29.9 Å². The molecule has 0 N–H and O–H groups in total. The summed E-state index contributed by atoms with van der Waals surface area (Å²) in [7, 11) is -0.446. The largest absolute Gasteiger partial charge is 0.577 e. The Kier molecular flexibility index (Phi) is 17.7. The predicted octanol–water partition coefficient (Wildman–Crippen LogP) is 8.25. The van der Waals surface area contributed by atoms with Gasteiger partial charge in [-0.2, -0.15) is 0 Å². The van der Waals surface area contributed by atoms with E-state index in [1.54, 1.807) is 6.08 Å². The number of rotatable bonds is 4. The van der Waals surface area contributed by atoms with Gasteiger partial charge in [0.05, 0.1) is 0 Å². The van der Waals surface area contributed by atoms with Crippen LogP contribution >= 0.6 is 7.92 Å². The Morgan fingerprint density at radius 2 is 0.806 bits per heavy atom. The van der Waals surface area contributed by atoms with Crippen molar-refractivity contribution in [2.75, 3.05) is 0 Å². The molecule has 2 nitrogen and oxygen atoms in total. The maximum absolute atomic E-state index is 7.25. The fourth-order valence-electron chi connectivity index (χ4n) is 3.76. The molecule has 4 aromatic rings. The molecule has 0 aromatic heterocycles. The quantitative estimate of drug-likeness (QED) is 0.160. The zero-order valence-electron chi connectivity index (χ0n) is 20.6. The summed E-state index contributed by atoms with van der Waals surface area (Å²) in [4.78, 5) is 7.25. The Balaban J connectivity index is 0.000000317. The third-order valence-corrected chi connectivity index (χ3v) is 7.85. The van der Waals surface area contributed by atoms with Crippen LogP contribution in [0.5, 0.6) is 0 Å². The van der Waals surface area contributed by atoms with Crippen LogP contribution in [0.1, 0.15) is 37.7 Å². The third kappa shape index (κ3) is 11.7. The Hall–Kier alpha value is -2.82. The summed E-state index contributed by atoms with van der Waals surface area (Å²) in [6.07, 6.45) is 11.3. The van der Waals surface area contributed by atoms with Crippen molar-refractivity contribution in [1.82, 2.24) is 0 Å². The molecule has 1 aliphatic carbocycles. The summed E-state index contributed by atoms with van der Waals surface area (Å²) in [5.41, 5.74) is 6.95. The molecule has 4 aromatic carbocycles. The monoisotopic (exact) mass is 666 g/mol. The van der Waals surface area contributed by atoms with Gasteiger partial charge in [-0.15, -0.1) is 5.56 Å². The standard InChI is InChI=1S/C18H15P.C9H9.C5H10.NO.Re/c1-4-10-16(11-5-1)19(17-12-6-2-7-13-17)18-14-8-3-9-15-18;1-2-6-9-7-4-3-5-8-9;1-2-4-5-3-1;1-2;/h1-15H;2-8H,1H2;1-5H2;;/q;-1;;-1;/b;6-2+;;;. The summed E-state index contributed by atoms with van der Waals surface area (Å²) in [6, 6.07) is 42.4. The molecule has 187 valence electrons. The molecule has 0 heterocycles. The molecule has 0 amide bonds. The number of allylic oxidation sites excluding steroid dienone is 1. The molecule has 36 heavy (non-hydrogen) atoms. The maximum Gasteiger partial charge on any atom is 0 e. The average molecular weight is 666 g/mol. The van der Waals surface area contributed by atoms with Crippen molar-refractivity contribution in [3.8, 4) is 0 Å². The molecule has 5 rings (SSSR count). The van der Waals surface area contributed by atoms with Crippen LogP contribution in [-0.2, 0) is 20.4 Å². The topological polar surface area (TPSA) is 39.4 Å². The molecule has 1 fully saturated rings. The minimum absolute atomic E-state index is 0. The molecule has 0 atom stereocenters. The van der Waals surface area contributed by atoms with Crippen molar-refractivity contribution in [2.24, 2.45) is 0 Å². The SMILES string of the molecule is C1CCCC1.[CH2-]/C=C/c1ccccc1.[N-]=O.[Re].c1ccc(P(c2ccccc2)c2ccccc2)cc1. The Morgan fingerprint density at radius 3 is 1.08 bits per heavy atom. The van der Waals surface area contributed by atoms with Gasteiger partial charge in [0.15, 0.2) is 0 Å². The van der Waals surface area contributed by atoms with E-state index in [-0.39, 0.29) is 20.4 Å². The molecule has 0 bridgehead atoms. The molecule has 0 aliphatic heterocycles. The van der Waals surface area contributed by atoms with E-state index in [9.17, 15) is 0 Å². The van der Waals surface area contributed by atoms with E-state index in [0.29, 0.717) is 0 Å². The van der Waals surface area contributed by atoms with Gasteiger partial charge in [0.1, 0.15) is 0 Å². The number of nitrogens with zero attached hydrogens (tertiary/aromatic N) is 1.